The molecule has 2 fully saturated rings. The van der Waals surface area contributed by atoms with Gasteiger partial charge >= 0.3 is 0 Å². The second-order valence-corrected chi connectivity index (χ2v) is 5.31. The molecular weight excluding hydrogens is 216 g/mol. The fourth-order valence-electron chi connectivity index (χ4n) is 3.30. The van der Waals surface area contributed by atoms with Gasteiger partial charge in [0.1, 0.15) is 0 Å². The van der Waals surface area contributed by atoms with Crippen molar-refractivity contribution in [1.29, 1.82) is 0 Å². The Balaban J connectivity index is 2.00. The lowest BCUT2D eigenvalue weighted by Gasteiger charge is -2.50. The standard InChI is InChI=1S/C13H26N2O2/c1-16-12(17-2)10-15-9-8-14-11-13(15)6-4-3-5-7-13/h12,14H,3-11H2,1-2H3. The quantitative estimate of drug-likeness (QED) is 0.752. The summed E-state index contributed by atoms with van der Waals surface area (Å²) in [6, 6.07) is 0. The second-order valence-electron chi connectivity index (χ2n) is 5.31. The van der Waals surface area contributed by atoms with E-state index in [0.29, 0.717) is 5.54 Å². The summed E-state index contributed by atoms with van der Waals surface area (Å²) in [7, 11) is 3.45. The Labute approximate surface area is 105 Å². The van der Waals surface area contributed by atoms with Crippen LogP contribution in [-0.2, 0) is 9.47 Å². The summed E-state index contributed by atoms with van der Waals surface area (Å²) in [4.78, 5) is 2.60. The maximum atomic E-state index is 5.35. The van der Waals surface area contributed by atoms with Gasteiger partial charge in [-0.15, -0.1) is 0 Å². The summed E-state index contributed by atoms with van der Waals surface area (Å²) >= 11 is 0. The van der Waals surface area contributed by atoms with Crippen molar-refractivity contribution in [2.75, 3.05) is 40.4 Å². The summed E-state index contributed by atoms with van der Waals surface area (Å²) in [5.41, 5.74) is 0.367. The van der Waals surface area contributed by atoms with Crippen molar-refractivity contribution >= 4 is 0 Å². The van der Waals surface area contributed by atoms with Gasteiger partial charge in [-0.05, 0) is 12.8 Å². The number of piperazine rings is 1. The predicted molar refractivity (Wildman–Crippen MR) is 68.1 cm³/mol. The zero-order chi connectivity index (χ0) is 12.1. The van der Waals surface area contributed by atoms with Gasteiger partial charge in [0.25, 0.3) is 0 Å². The number of hydrogen-bond donors (Lipinski definition) is 1. The first-order valence-corrected chi connectivity index (χ1v) is 6.82. The molecule has 2 aliphatic rings. The minimum absolute atomic E-state index is 0.0908. The van der Waals surface area contributed by atoms with E-state index in [0.717, 1.165) is 26.2 Å². The molecule has 1 saturated carbocycles. The normalized spacial score (nSPS) is 25.6. The van der Waals surface area contributed by atoms with Crippen LogP contribution in [0, 0.1) is 0 Å². The molecule has 1 N–H and O–H groups in total. The van der Waals surface area contributed by atoms with Crippen LogP contribution >= 0.6 is 0 Å². The van der Waals surface area contributed by atoms with Gasteiger partial charge in [-0.3, -0.25) is 4.90 Å². The SMILES string of the molecule is COC(CN1CCNCC12CCCCC2)OC. The molecule has 0 aromatic heterocycles. The van der Waals surface area contributed by atoms with E-state index in [1.54, 1.807) is 14.2 Å². The number of hydrogen-bond acceptors (Lipinski definition) is 4. The van der Waals surface area contributed by atoms with E-state index in [9.17, 15) is 0 Å². The van der Waals surface area contributed by atoms with Crippen molar-refractivity contribution < 1.29 is 9.47 Å². The first kappa shape index (κ1) is 13.3. The maximum Gasteiger partial charge on any atom is 0.169 e. The zero-order valence-corrected chi connectivity index (χ0v) is 11.2. The highest BCUT2D eigenvalue weighted by molar-refractivity contribution is 4.98. The van der Waals surface area contributed by atoms with E-state index >= 15 is 0 Å². The molecule has 0 amide bonds. The van der Waals surface area contributed by atoms with E-state index < -0.39 is 0 Å². The van der Waals surface area contributed by atoms with Crippen LogP contribution in [-0.4, -0.2) is 57.1 Å². The summed E-state index contributed by atoms with van der Waals surface area (Å²) in [6.45, 7) is 4.23. The highest BCUT2D eigenvalue weighted by Gasteiger charge is 2.40. The number of nitrogens with zero attached hydrogens (tertiary/aromatic N) is 1. The molecule has 0 radical (unpaired) electrons. The highest BCUT2D eigenvalue weighted by Crippen LogP contribution is 2.34. The summed E-state index contributed by atoms with van der Waals surface area (Å²) in [5.74, 6) is 0. The van der Waals surface area contributed by atoms with Crippen LogP contribution in [0.4, 0.5) is 0 Å². The fraction of sp³-hybridized carbons (Fsp3) is 1.00. The first-order valence-electron chi connectivity index (χ1n) is 6.82. The van der Waals surface area contributed by atoms with Crippen LogP contribution in [0.5, 0.6) is 0 Å². The van der Waals surface area contributed by atoms with Gasteiger partial charge in [0, 0.05) is 39.4 Å². The van der Waals surface area contributed by atoms with Crippen molar-refractivity contribution in [3.63, 3.8) is 0 Å². The monoisotopic (exact) mass is 242 g/mol. The van der Waals surface area contributed by atoms with Crippen molar-refractivity contribution in [3.8, 4) is 0 Å². The van der Waals surface area contributed by atoms with Gasteiger partial charge in [-0.25, -0.2) is 0 Å². The number of ether oxygens (including phenoxy) is 2. The topological polar surface area (TPSA) is 33.7 Å². The molecule has 100 valence electrons. The highest BCUT2D eigenvalue weighted by atomic mass is 16.7. The number of rotatable bonds is 4. The Hall–Kier alpha value is -0.160. The van der Waals surface area contributed by atoms with E-state index in [2.05, 4.69) is 10.2 Å². The van der Waals surface area contributed by atoms with Crippen LogP contribution in [0.25, 0.3) is 0 Å². The summed E-state index contributed by atoms with van der Waals surface area (Å²) in [6.07, 6.45) is 6.67. The van der Waals surface area contributed by atoms with E-state index in [1.807, 2.05) is 0 Å². The van der Waals surface area contributed by atoms with Crippen molar-refractivity contribution in [1.82, 2.24) is 10.2 Å². The molecule has 2 rings (SSSR count). The lowest BCUT2D eigenvalue weighted by atomic mass is 9.79. The third-order valence-corrected chi connectivity index (χ3v) is 4.36. The van der Waals surface area contributed by atoms with Crippen LogP contribution in [0.2, 0.25) is 0 Å². The largest absolute Gasteiger partial charge is 0.355 e. The van der Waals surface area contributed by atoms with Crippen LogP contribution in [0.3, 0.4) is 0 Å². The van der Waals surface area contributed by atoms with Crippen molar-refractivity contribution in [2.24, 2.45) is 0 Å². The number of methoxy groups -OCH3 is 2. The lowest BCUT2D eigenvalue weighted by Crippen LogP contribution is -2.63. The van der Waals surface area contributed by atoms with Crippen molar-refractivity contribution in [2.45, 2.75) is 43.9 Å². The minimum Gasteiger partial charge on any atom is -0.355 e. The Kier molecular flexibility index (Phi) is 4.79. The average molecular weight is 242 g/mol. The molecule has 1 saturated heterocycles. The maximum absolute atomic E-state index is 5.35. The van der Waals surface area contributed by atoms with Gasteiger partial charge in [-0.2, -0.15) is 0 Å². The summed E-state index contributed by atoms with van der Waals surface area (Å²) < 4.78 is 10.7. The molecule has 1 spiro atoms. The van der Waals surface area contributed by atoms with Gasteiger partial charge < -0.3 is 14.8 Å². The van der Waals surface area contributed by atoms with Crippen LogP contribution in [0.15, 0.2) is 0 Å². The Bertz CT molecular complexity index is 217. The van der Waals surface area contributed by atoms with E-state index in [-0.39, 0.29) is 6.29 Å². The molecule has 17 heavy (non-hydrogen) atoms. The Morgan fingerprint density at radius 3 is 2.53 bits per heavy atom. The Morgan fingerprint density at radius 1 is 1.18 bits per heavy atom. The molecule has 1 heterocycles. The van der Waals surface area contributed by atoms with E-state index in [4.69, 9.17) is 9.47 Å². The zero-order valence-electron chi connectivity index (χ0n) is 11.2. The fourth-order valence-corrected chi connectivity index (χ4v) is 3.30. The molecule has 0 aromatic rings. The first-order chi connectivity index (χ1) is 8.30. The third-order valence-electron chi connectivity index (χ3n) is 4.36. The molecule has 0 bridgehead atoms. The number of nitrogens with one attached hydrogen (secondary N) is 1. The molecule has 0 atom stereocenters. The molecule has 1 aliphatic carbocycles. The molecule has 4 nitrogen and oxygen atoms in total. The van der Waals surface area contributed by atoms with Crippen LogP contribution in [0.1, 0.15) is 32.1 Å². The second kappa shape index (κ2) is 6.14. The Morgan fingerprint density at radius 2 is 1.88 bits per heavy atom. The van der Waals surface area contributed by atoms with Crippen LogP contribution < -0.4 is 5.32 Å². The molecule has 0 unspecified atom stereocenters. The summed E-state index contributed by atoms with van der Waals surface area (Å²) in [5, 5.41) is 3.56. The van der Waals surface area contributed by atoms with Gasteiger partial charge in [0.15, 0.2) is 6.29 Å². The molecule has 0 aromatic carbocycles. The predicted octanol–water partition coefficient (Wildman–Crippen LogP) is 1.21. The van der Waals surface area contributed by atoms with Gasteiger partial charge in [0.2, 0.25) is 0 Å². The molecule has 4 heteroatoms. The third kappa shape index (κ3) is 2.99. The average Bonchev–Trinajstić information content (AvgIpc) is 2.39. The van der Waals surface area contributed by atoms with E-state index in [1.165, 1.54) is 32.1 Å². The molecule has 1 aliphatic heterocycles. The smallest absolute Gasteiger partial charge is 0.169 e. The van der Waals surface area contributed by atoms with Gasteiger partial charge in [-0.1, -0.05) is 19.3 Å². The van der Waals surface area contributed by atoms with Gasteiger partial charge in [0.05, 0.1) is 6.54 Å². The minimum atomic E-state index is -0.0908. The molecular formula is C13H26N2O2. The lowest BCUT2D eigenvalue weighted by molar-refractivity contribution is -0.135. The van der Waals surface area contributed by atoms with Crippen molar-refractivity contribution in [3.05, 3.63) is 0 Å².